The maximum absolute atomic E-state index is 12.7. The largest absolute Gasteiger partial charge is 0.454 e. The minimum atomic E-state index is -0.486. The Balaban J connectivity index is 1.55. The maximum Gasteiger partial charge on any atom is 0.293 e. The zero-order valence-electron chi connectivity index (χ0n) is 14.7. The summed E-state index contributed by atoms with van der Waals surface area (Å²) in [6.45, 7) is 1.78. The quantitative estimate of drug-likeness (QED) is 0.498. The van der Waals surface area contributed by atoms with Crippen LogP contribution in [0, 0.1) is 6.92 Å². The molecule has 1 fully saturated rings. The van der Waals surface area contributed by atoms with Crippen molar-refractivity contribution in [1.29, 1.82) is 0 Å². The molecule has 2 aromatic rings. The number of benzene rings is 2. The summed E-state index contributed by atoms with van der Waals surface area (Å²) in [6, 6.07) is 10.5. The standard InChI is InChI=1S/C20H14BrNO5S/c1-11-2-4-12(5-3-11)15(23)9-22-19(24)18(28-20(22)25)7-13-6-16-17(8-14(13)21)27-10-26-16/h2-8H,9-10H2,1H3/b18-7-. The fraction of sp³-hybridized carbons (Fsp3) is 0.150. The van der Waals surface area contributed by atoms with Crippen LogP contribution in [-0.4, -0.2) is 35.2 Å². The summed E-state index contributed by atoms with van der Waals surface area (Å²) in [5.74, 6) is 0.414. The molecule has 142 valence electrons. The van der Waals surface area contributed by atoms with Crippen molar-refractivity contribution in [2.45, 2.75) is 6.92 Å². The van der Waals surface area contributed by atoms with E-state index in [1.807, 2.05) is 19.1 Å². The van der Waals surface area contributed by atoms with Crippen LogP contribution in [0.25, 0.3) is 6.08 Å². The molecule has 0 spiro atoms. The van der Waals surface area contributed by atoms with Gasteiger partial charge in [0.15, 0.2) is 17.3 Å². The highest BCUT2D eigenvalue weighted by Crippen LogP contribution is 2.39. The first-order chi connectivity index (χ1) is 13.4. The van der Waals surface area contributed by atoms with Gasteiger partial charge >= 0.3 is 0 Å². The Hall–Kier alpha value is -2.58. The van der Waals surface area contributed by atoms with Crippen LogP contribution in [0.2, 0.25) is 0 Å². The molecule has 2 aliphatic heterocycles. The lowest BCUT2D eigenvalue weighted by atomic mass is 10.1. The van der Waals surface area contributed by atoms with E-state index < -0.39 is 11.1 Å². The molecule has 0 aromatic heterocycles. The summed E-state index contributed by atoms with van der Waals surface area (Å²) in [5, 5.41) is -0.464. The first-order valence-corrected chi connectivity index (χ1v) is 9.98. The van der Waals surface area contributed by atoms with Crippen LogP contribution in [0.1, 0.15) is 21.5 Å². The average Bonchev–Trinajstić information content (AvgIpc) is 3.22. The second-order valence-corrected chi connectivity index (χ2v) is 8.13. The Bertz CT molecular complexity index is 1030. The fourth-order valence-corrected chi connectivity index (χ4v) is 4.06. The molecule has 0 radical (unpaired) electrons. The summed E-state index contributed by atoms with van der Waals surface area (Å²) < 4.78 is 11.4. The van der Waals surface area contributed by atoms with E-state index in [1.165, 1.54) is 0 Å². The molecule has 1 saturated heterocycles. The second-order valence-electron chi connectivity index (χ2n) is 6.28. The molecule has 4 rings (SSSR count). The van der Waals surface area contributed by atoms with Crippen LogP contribution in [0.5, 0.6) is 11.5 Å². The first-order valence-electron chi connectivity index (χ1n) is 8.37. The number of ether oxygens (including phenoxy) is 2. The third-order valence-electron chi connectivity index (χ3n) is 4.33. The molecule has 2 heterocycles. The van der Waals surface area contributed by atoms with Gasteiger partial charge in [0.25, 0.3) is 11.1 Å². The van der Waals surface area contributed by atoms with E-state index in [1.54, 1.807) is 30.3 Å². The monoisotopic (exact) mass is 459 g/mol. The first kappa shape index (κ1) is 18.8. The zero-order valence-corrected chi connectivity index (χ0v) is 17.1. The summed E-state index contributed by atoms with van der Waals surface area (Å²) in [5.41, 5.74) is 2.17. The average molecular weight is 460 g/mol. The number of nitrogens with zero attached hydrogens (tertiary/aromatic N) is 1. The topological polar surface area (TPSA) is 72.9 Å². The third-order valence-corrected chi connectivity index (χ3v) is 5.92. The van der Waals surface area contributed by atoms with Gasteiger partial charge in [0, 0.05) is 10.0 Å². The molecule has 0 atom stereocenters. The van der Waals surface area contributed by atoms with Crippen LogP contribution in [0.15, 0.2) is 45.8 Å². The van der Waals surface area contributed by atoms with Crippen molar-refractivity contribution in [2.75, 3.05) is 13.3 Å². The number of imide groups is 1. The Morgan fingerprint density at radius 3 is 2.57 bits per heavy atom. The normalized spacial score (nSPS) is 16.9. The van der Waals surface area contributed by atoms with Crippen molar-refractivity contribution in [1.82, 2.24) is 4.90 Å². The summed E-state index contributed by atoms with van der Waals surface area (Å²) in [6.07, 6.45) is 1.60. The summed E-state index contributed by atoms with van der Waals surface area (Å²) in [4.78, 5) is 38.6. The highest BCUT2D eigenvalue weighted by Gasteiger charge is 2.36. The van der Waals surface area contributed by atoms with E-state index in [0.717, 1.165) is 22.2 Å². The maximum atomic E-state index is 12.7. The van der Waals surface area contributed by atoms with Crippen LogP contribution in [0.4, 0.5) is 4.79 Å². The lowest BCUT2D eigenvalue weighted by molar-refractivity contribution is -0.122. The lowest BCUT2D eigenvalue weighted by Gasteiger charge is -2.11. The van der Waals surface area contributed by atoms with E-state index in [2.05, 4.69) is 15.9 Å². The van der Waals surface area contributed by atoms with Gasteiger partial charge < -0.3 is 9.47 Å². The number of aryl methyl sites for hydroxylation is 1. The molecule has 0 saturated carbocycles. The van der Waals surface area contributed by atoms with Crippen molar-refractivity contribution >= 4 is 50.7 Å². The summed E-state index contributed by atoms with van der Waals surface area (Å²) in [7, 11) is 0. The number of Topliss-reactive ketones (excluding diaryl/α,β-unsaturated/α-hetero) is 1. The Kier molecular flexibility index (Phi) is 4.99. The third kappa shape index (κ3) is 3.57. The summed E-state index contributed by atoms with van der Waals surface area (Å²) >= 11 is 4.24. The highest BCUT2D eigenvalue weighted by molar-refractivity contribution is 9.10. The Morgan fingerprint density at radius 1 is 1.18 bits per heavy atom. The molecular formula is C20H14BrNO5S. The Morgan fingerprint density at radius 2 is 1.86 bits per heavy atom. The van der Waals surface area contributed by atoms with Gasteiger partial charge in [-0.15, -0.1) is 0 Å². The molecule has 8 heteroatoms. The number of hydrogen-bond acceptors (Lipinski definition) is 6. The van der Waals surface area contributed by atoms with E-state index in [9.17, 15) is 14.4 Å². The second kappa shape index (κ2) is 7.44. The molecule has 0 bridgehead atoms. The van der Waals surface area contributed by atoms with Gasteiger partial charge in [0.05, 0.1) is 11.4 Å². The van der Waals surface area contributed by atoms with E-state index in [4.69, 9.17) is 9.47 Å². The number of carbonyl (C=O) groups is 3. The van der Waals surface area contributed by atoms with Crippen molar-refractivity contribution < 1.29 is 23.9 Å². The van der Waals surface area contributed by atoms with E-state index in [-0.39, 0.29) is 24.0 Å². The minimum absolute atomic E-state index is 0.142. The number of carbonyl (C=O) groups excluding carboxylic acids is 3. The van der Waals surface area contributed by atoms with Crippen LogP contribution in [-0.2, 0) is 4.79 Å². The molecule has 2 aliphatic rings. The minimum Gasteiger partial charge on any atom is -0.454 e. The highest BCUT2D eigenvalue weighted by atomic mass is 79.9. The number of halogens is 1. The predicted octanol–water partition coefficient (Wildman–Crippen LogP) is 4.41. The Labute approximate surface area is 173 Å². The lowest BCUT2D eigenvalue weighted by Crippen LogP contribution is -2.33. The molecule has 2 amide bonds. The van der Waals surface area contributed by atoms with Crippen molar-refractivity contribution in [3.63, 3.8) is 0 Å². The SMILES string of the molecule is Cc1ccc(C(=O)CN2C(=O)S/C(=C\c3cc4c(cc3Br)OCO4)C2=O)cc1. The van der Waals surface area contributed by atoms with Crippen molar-refractivity contribution in [2.24, 2.45) is 0 Å². The van der Waals surface area contributed by atoms with Gasteiger partial charge in [-0.1, -0.05) is 45.8 Å². The van der Waals surface area contributed by atoms with Gasteiger partial charge in [-0.2, -0.15) is 0 Å². The molecule has 0 N–H and O–H groups in total. The van der Waals surface area contributed by atoms with Gasteiger partial charge in [0.1, 0.15) is 0 Å². The number of ketones is 1. The predicted molar refractivity (Wildman–Crippen MR) is 108 cm³/mol. The van der Waals surface area contributed by atoms with Gasteiger partial charge in [-0.25, -0.2) is 0 Å². The van der Waals surface area contributed by atoms with Crippen LogP contribution in [0.3, 0.4) is 0 Å². The number of fused-ring (bicyclic) bond motifs is 1. The van der Waals surface area contributed by atoms with E-state index in [0.29, 0.717) is 27.1 Å². The number of rotatable bonds is 4. The molecule has 28 heavy (non-hydrogen) atoms. The van der Waals surface area contributed by atoms with Crippen LogP contribution < -0.4 is 9.47 Å². The zero-order chi connectivity index (χ0) is 19.8. The molecular weight excluding hydrogens is 446 g/mol. The van der Waals surface area contributed by atoms with Crippen molar-refractivity contribution in [3.8, 4) is 11.5 Å². The molecule has 0 aliphatic carbocycles. The molecule has 2 aromatic carbocycles. The fourth-order valence-electron chi connectivity index (χ4n) is 2.80. The number of thioether (sulfide) groups is 1. The number of amides is 2. The smallest absolute Gasteiger partial charge is 0.293 e. The molecule has 0 unspecified atom stereocenters. The van der Waals surface area contributed by atoms with Crippen LogP contribution >= 0.6 is 27.7 Å². The van der Waals surface area contributed by atoms with Gasteiger partial charge in [-0.3, -0.25) is 19.3 Å². The van der Waals surface area contributed by atoms with Gasteiger partial charge in [0.2, 0.25) is 6.79 Å². The number of hydrogen-bond donors (Lipinski definition) is 0. The van der Waals surface area contributed by atoms with Gasteiger partial charge in [-0.05, 0) is 42.5 Å². The van der Waals surface area contributed by atoms with E-state index >= 15 is 0 Å². The molecule has 6 nitrogen and oxygen atoms in total. The van der Waals surface area contributed by atoms with Crippen molar-refractivity contribution in [3.05, 3.63) is 62.5 Å².